The molecule has 0 saturated carbocycles. The van der Waals surface area contributed by atoms with Crippen molar-refractivity contribution in [2.75, 3.05) is 0 Å². The Labute approximate surface area is 98.1 Å². The van der Waals surface area contributed by atoms with Gasteiger partial charge in [0.15, 0.2) is 0 Å². The summed E-state index contributed by atoms with van der Waals surface area (Å²) in [7, 11) is 0. The lowest BCUT2D eigenvalue weighted by Gasteiger charge is -2.21. The third kappa shape index (κ3) is 2.29. The highest BCUT2D eigenvalue weighted by Crippen LogP contribution is 2.20. The smallest absolute Gasteiger partial charge is 0.0952 e. The Morgan fingerprint density at radius 3 is 2.94 bits per heavy atom. The van der Waals surface area contributed by atoms with Crippen molar-refractivity contribution < 1.29 is 0 Å². The molecule has 1 aromatic rings. The van der Waals surface area contributed by atoms with Gasteiger partial charge < -0.3 is 10.3 Å². The van der Waals surface area contributed by atoms with Crippen LogP contribution in [0, 0.1) is 5.92 Å². The maximum Gasteiger partial charge on any atom is 0.0952 e. The van der Waals surface area contributed by atoms with Gasteiger partial charge in [-0.25, -0.2) is 4.98 Å². The van der Waals surface area contributed by atoms with Crippen LogP contribution in [0.1, 0.15) is 44.5 Å². The van der Waals surface area contributed by atoms with Gasteiger partial charge in [-0.05, 0) is 31.6 Å². The number of nitrogens with two attached hydrogens (primary N) is 1. The van der Waals surface area contributed by atoms with Crippen LogP contribution in [0.15, 0.2) is 6.33 Å². The van der Waals surface area contributed by atoms with Crippen molar-refractivity contribution in [3.05, 3.63) is 17.7 Å². The van der Waals surface area contributed by atoms with E-state index in [0.29, 0.717) is 5.92 Å². The summed E-state index contributed by atoms with van der Waals surface area (Å²) < 4.78 is 2.28. The average Bonchev–Trinajstić information content (AvgIpc) is 2.72. The number of fused-ring (bicyclic) bond motifs is 1. The van der Waals surface area contributed by atoms with Gasteiger partial charge in [0.1, 0.15) is 0 Å². The van der Waals surface area contributed by atoms with E-state index in [-0.39, 0.29) is 6.04 Å². The predicted molar refractivity (Wildman–Crippen MR) is 66.3 cm³/mol. The van der Waals surface area contributed by atoms with Crippen molar-refractivity contribution in [1.82, 2.24) is 9.55 Å². The minimum Gasteiger partial charge on any atom is -0.333 e. The summed E-state index contributed by atoms with van der Waals surface area (Å²) in [5, 5.41) is 0. The van der Waals surface area contributed by atoms with E-state index in [1.54, 1.807) is 0 Å². The topological polar surface area (TPSA) is 43.8 Å². The Morgan fingerprint density at radius 1 is 1.44 bits per heavy atom. The summed E-state index contributed by atoms with van der Waals surface area (Å²) in [6.45, 7) is 5.36. The molecule has 90 valence electrons. The van der Waals surface area contributed by atoms with Gasteiger partial charge >= 0.3 is 0 Å². The summed E-state index contributed by atoms with van der Waals surface area (Å²) in [6.07, 6.45) is 8.07. The molecule has 0 aliphatic heterocycles. The van der Waals surface area contributed by atoms with Crippen LogP contribution in [0.2, 0.25) is 0 Å². The van der Waals surface area contributed by atoms with E-state index in [4.69, 9.17) is 5.73 Å². The van der Waals surface area contributed by atoms with Crippen LogP contribution in [0.3, 0.4) is 0 Å². The van der Waals surface area contributed by atoms with Crippen LogP contribution >= 0.6 is 0 Å². The normalized spacial score (nSPS) is 19.2. The number of hydrogen-bond acceptors (Lipinski definition) is 2. The standard InChI is InChI=1S/C13H23N3/c1-3-10(2)11(14)8-16-9-15-12-6-4-5-7-13(12)16/h9-11H,3-8,14H2,1-2H3. The van der Waals surface area contributed by atoms with Crippen LogP contribution in [-0.4, -0.2) is 15.6 Å². The molecule has 0 bridgehead atoms. The summed E-state index contributed by atoms with van der Waals surface area (Å²) in [5.74, 6) is 0.585. The average molecular weight is 221 g/mol. The van der Waals surface area contributed by atoms with Crippen molar-refractivity contribution in [3.8, 4) is 0 Å². The fraction of sp³-hybridized carbons (Fsp3) is 0.769. The van der Waals surface area contributed by atoms with Gasteiger partial charge in [0.2, 0.25) is 0 Å². The van der Waals surface area contributed by atoms with Crippen LogP contribution in [0.4, 0.5) is 0 Å². The van der Waals surface area contributed by atoms with Gasteiger partial charge in [-0.15, -0.1) is 0 Å². The molecule has 3 heteroatoms. The van der Waals surface area contributed by atoms with Crippen molar-refractivity contribution >= 4 is 0 Å². The third-order valence-electron chi connectivity index (χ3n) is 3.89. The van der Waals surface area contributed by atoms with E-state index in [1.807, 2.05) is 6.33 Å². The maximum atomic E-state index is 6.20. The van der Waals surface area contributed by atoms with E-state index in [1.165, 1.54) is 30.7 Å². The summed E-state index contributed by atoms with van der Waals surface area (Å²) in [5.41, 5.74) is 8.95. The summed E-state index contributed by atoms with van der Waals surface area (Å²) in [4.78, 5) is 4.50. The fourth-order valence-corrected chi connectivity index (χ4v) is 2.40. The molecule has 1 aliphatic carbocycles. The quantitative estimate of drug-likeness (QED) is 0.846. The highest BCUT2D eigenvalue weighted by molar-refractivity contribution is 5.16. The Hall–Kier alpha value is -0.830. The first-order valence-electron chi connectivity index (χ1n) is 6.50. The van der Waals surface area contributed by atoms with E-state index < -0.39 is 0 Å². The second kappa shape index (κ2) is 5.00. The van der Waals surface area contributed by atoms with Crippen LogP contribution in [0.5, 0.6) is 0 Å². The van der Waals surface area contributed by atoms with E-state index in [0.717, 1.165) is 19.4 Å². The lowest BCUT2D eigenvalue weighted by molar-refractivity contribution is 0.390. The second-order valence-corrected chi connectivity index (χ2v) is 5.05. The minimum atomic E-state index is 0.255. The van der Waals surface area contributed by atoms with E-state index in [9.17, 15) is 0 Å². The van der Waals surface area contributed by atoms with Crippen LogP contribution in [0.25, 0.3) is 0 Å². The Balaban J connectivity index is 2.07. The van der Waals surface area contributed by atoms with E-state index in [2.05, 4.69) is 23.4 Å². The third-order valence-corrected chi connectivity index (χ3v) is 3.89. The Kier molecular flexibility index (Phi) is 3.64. The highest BCUT2D eigenvalue weighted by Gasteiger charge is 2.18. The van der Waals surface area contributed by atoms with Gasteiger partial charge in [0.25, 0.3) is 0 Å². The molecule has 0 aromatic carbocycles. The lowest BCUT2D eigenvalue weighted by Crippen LogP contribution is -2.33. The zero-order chi connectivity index (χ0) is 11.5. The second-order valence-electron chi connectivity index (χ2n) is 5.05. The van der Waals surface area contributed by atoms with Gasteiger partial charge in [0.05, 0.1) is 12.0 Å². The summed E-state index contributed by atoms with van der Waals surface area (Å²) in [6, 6.07) is 0.255. The number of aryl methyl sites for hydroxylation is 1. The molecule has 2 rings (SSSR count). The number of nitrogens with zero attached hydrogens (tertiary/aromatic N) is 2. The molecule has 16 heavy (non-hydrogen) atoms. The molecular formula is C13H23N3. The molecule has 1 aromatic heterocycles. The van der Waals surface area contributed by atoms with Crippen LogP contribution < -0.4 is 5.73 Å². The number of imidazole rings is 1. The Bertz CT molecular complexity index is 343. The van der Waals surface area contributed by atoms with Gasteiger partial charge in [-0.3, -0.25) is 0 Å². The summed E-state index contributed by atoms with van der Waals surface area (Å²) >= 11 is 0. The van der Waals surface area contributed by atoms with Crippen molar-refractivity contribution in [2.45, 2.75) is 58.5 Å². The van der Waals surface area contributed by atoms with Gasteiger partial charge in [-0.1, -0.05) is 20.3 Å². The van der Waals surface area contributed by atoms with Crippen molar-refractivity contribution in [3.63, 3.8) is 0 Å². The largest absolute Gasteiger partial charge is 0.333 e. The van der Waals surface area contributed by atoms with Crippen LogP contribution in [-0.2, 0) is 19.4 Å². The fourth-order valence-electron chi connectivity index (χ4n) is 2.40. The maximum absolute atomic E-state index is 6.20. The van der Waals surface area contributed by atoms with Crippen molar-refractivity contribution in [1.29, 1.82) is 0 Å². The predicted octanol–water partition coefficient (Wildman–Crippen LogP) is 2.14. The molecular weight excluding hydrogens is 198 g/mol. The van der Waals surface area contributed by atoms with Gasteiger partial charge in [0, 0.05) is 18.3 Å². The molecule has 0 spiro atoms. The molecule has 2 unspecified atom stereocenters. The zero-order valence-corrected chi connectivity index (χ0v) is 10.4. The molecule has 1 heterocycles. The number of hydrogen-bond donors (Lipinski definition) is 1. The molecule has 3 nitrogen and oxygen atoms in total. The number of rotatable bonds is 4. The van der Waals surface area contributed by atoms with Gasteiger partial charge in [-0.2, -0.15) is 0 Å². The molecule has 0 saturated heterocycles. The molecule has 0 radical (unpaired) electrons. The number of aromatic nitrogens is 2. The minimum absolute atomic E-state index is 0.255. The van der Waals surface area contributed by atoms with Crippen molar-refractivity contribution in [2.24, 2.45) is 11.7 Å². The first kappa shape index (κ1) is 11.6. The highest BCUT2D eigenvalue weighted by atomic mass is 15.1. The first-order chi connectivity index (χ1) is 7.72. The Morgan fingerprint density at radius 2 is 2.19 bits per heavy atom. The monoisotopic (exact) mass is 221 g/mol. The molecule has 1 aliphatic rings. The SMILES string of the molecule is CCC(C)C(N)Cn1cnc2c1CCCC2. The molecule has 2 N–H and O–H groups in total. The zero-order valence-electron chi connectivity index (χ0n) is 10.4. The lowest BCUT2D eigenvalue weighted by atomic mass is 9.98. The molecule has 0 amide bonds. The van der Waals surface area contributed by atoms with E-state index >= 15 is 0 Å². The molecule has 0 fully saturated rings. The molecule has 2 atom stereocenters. The first-order valence-corrected chi connectivity index (χ1v) is 6.50.